The Balaban J connectivity index is 0. The summed E-state index contributed by atoms with van der Waals surface area (Å²) in [6, 6.07) is 0. The lowest BCUT2D eigenvalue weighted by atomic mass is 11.2. The molecule has 0 rings (SSSR count). The molecule has 0 saturated carbocycles. The van der Waals surface area contributed by atoms with Gasteiger partial charge in [0.1, 0.15) is 0 Å². The fourth-order valence-corrected chi connectivity index (χ4v) is 12.2. The van der Waals surface area contributed by atoms with Crippen molar-refractivity contribution in [1.82, 2.24) is 28.0 Å². The molecular formula is C12H36ClN7P2. The van der Waals surface area contributed by atoms with Crippen molar-refractivity contribution >= 4 is 15.4 Å². The highest BCUT2D eigenvalue weighted by Crippen LogP contribution is 2.73. The molecule has 22 heavy (non-hydrogen) atoms. The first-order valence-electron chi connectivity index (χ1n) is 6.97. The fourth-order valence-electron chi connectivity index (χ4n) is 2.79. The number of hydrogen-bond acceptors (Lipinski definition) is 4. The molecule has 0 aromatic heterocycles. The standard InChI is InChI=1S/C12H36N7P2.ClH/c1-14(2)20(15(3)4,16(5)6)13-21(17(7)8,18(9)10)19(11)12;/h1-12H3;1H/q+1;/p-1. The van der Waals surface area contributed by atoms with Crippen LogP contribution >= 0.6 is 15.4 Å². The zero-order chi connectivity index (χ0) is 17.2. The minimum atomic E-state index is -1.95. The Kier molecular flexibility index (Phi) is 10.5. The molecule has 0 aliphatic heterocycles. The summed E-state index contributed by atoms with van der Waals surface area (Å²) in [4.78, 5) is 0. The van der Waals surface area contributed by atoms with E-state index in [0.717, 1.165) is 0 Å². The predicted octanol–water partition coefficient (Wildman–Crippen LogP) is -1.02. The minimum absolute atomic E-state index is 0. The second-order valence-corrected chi connectivity index (χ2v) is 13.9. The van der Waals surface area contributed by atoms with Gasteiger partial charge in [-0.25, -0.2) is 14.0 Å². The maximum Gasteiger partial charge on any atom is 0.355 e. The SMILES string of the molecule is CN(C)P(=N[P+](N(C)C)(N(C)C)N(C)C)(N(C)C)N(C)C.[Cl-]. The molecule has 136 valence electrons. The monoisotopic (exact) mass is 375 g/mol. The van der Waals surface area contributed by atoms with Gasteiger partial charge >= 0.3 is 7.87 Å². The molecule has 0 aromatic rings. The van der Waals surface area contributed by atoms with E-state index in [1.54, 1.807) is 0 Å². The maximum atomic E-state index is 5.51. The third-order valence-corrected chi connectivity index (χ3v) is 11.8. The molecule has 0 amide bonds. The molecule has 0 saturated heterocycles. The van der Waals surface area contributed by atoms with Gasteiger partial charge in [-0.2, -0.15) is 0 Å². The molecule has 0 atom stereocenters. The van der Waals surface area contributed by atoms with E-state index >= 15 is 0 Å². The average Bonchev–Trinajstić information content (AvgIpc) is 2.26. The van der Waals surface area contributed by atoms with Crippen LogP contribution in [-0.4, -0.2) is 113 Å². The summed E-state index contributed by atoms with van der Waals surface area (Å²) < 4.78 is 19.1. The zero-order valence-corrected chi connectivity index (χ0v) is 18.9. The van der Waals surface area contributed by atoms with Crippen LogP contribution in [0.15, 0.2) is 4.52 Å². The Morgan fingerprint density at radius 3 is 0.909 bits per heavy atom. The molecule has 10 heteroatoms. The Morgan fingerprint density at radius 2 is 0.773 bits per heavy atom. The van der Waals surface area contributed by atoms with Gasteiger partial charge in [0.25, 0.3) is 0 Å². The summed E-state index contributed by atoms with van der Waals surface area (Å²) in [5.41, 5.74) is 0. The molecule has 0 heterocycles. The highest BCUT2D eigenvalue weighted by atomic mass is 35.5. The van der Waals surface area contributed by atoms with Crippen LogP contribution < -0.4 is 12.4 Å². The lowest BCUT2D eigenvalue weighted by Gasteiger charge is -2.43. The second-order valence-electron chi connectivity index (χ2n) is 6.25. The maximum absolute atomic E-state index is 5.51. The smallest absolute Gasteiger partial charge is 0.355 e. The minimum Gasteiger partial charge on any atom is -1.00 e. The van der Waals surface area contributed by atoms with Crippen molar-refractivity contribution in [3.63, 3.8) is 0 Å². The van der Waals surface area contributed by atoms with Gasteiger partial charge < -0.3 is 12.4 Å². The van der Waals surface area contributed by atoms with E-state index in [2.05, 4.69) is 113 Å². The van der Waals surface area contributed by atoms with Crippen molar-refractivity contribution in [2.75, 3.05) is 84.6 Å². The van der Waals surface area contributed by atoms with Crippen LogP contribution in [0, 0.1) is 0 Å². The van der Waals surface area contributed by atoms with Crippen LogP contribution in [0.5, 0.6) is 0 Å². The van der Waals surface area contributed by atoms with E-state index in [-0.39, 0.29) is 12.4 Å². The third kappa shape index (κ3) is 4.41. The van der Waals surface area contributed by atoms with Gasteiger partial charge in [0.05, 0.1) is 0 Å². The van der Waals surface area contributed by atoms with E-state index in [9.17, 15) is 0 Å². The van der Waals surface area contributed by atoms with E-state index < -0.39 is 15.4 Å². The summed E-state index contributed by atoms with van der Waals surface area (Å²) in [6.07, 6.45) is 0. The van der Waals surface area contributed by atoms with E-state index in [0.29, 0.717) is 0 Å². The van der Waals surface area contributed by atoms with Crippen LogP contribution in [0.2, 0.25) is 0 Å². The molecule has 0 aliphatic rings. The molecule has 0 aliphatic carbocycles. The summed E-state index contributed by atoms with van der Waals surface area (Å²) >= 11 is 0. The fraction of sp³-hybridized carbons (Fsp3) is 1.00. The molecular weight excluding hydrogens is 340 g/mol. The van der Waals surface area contributed by atoms with Gasteiger partial charge in [-0.15, -0.1) is 14.0 Å². The normalized spacial score (nSPS) is 13.7. The Morgan fingerprint density at radius 1 is 0.545 bits per heavy atom. The van der Waals surface area contributed by atoms with Crippen LogP contribution in [0.25, 0.3) is 0 Å². The Hall–Kier alpha value is 0.710. The molecule has 0 radical (unpaired) electrons. The van der Waals surface area contributed by atoms with Gasteiger partial charge in [-0.1, -0.05) is 0 Å². The number of hydrogen-bond donors (Lipinski definition) is 0. The molecule has 0 aromatic carbocycles. The van der Waals surface area contributed by atoms with E-state index in [1.165, 1.54) is 0 Å². The van der Waals surface area contributed by atoms with Crippen molar-refractivity contribution in [2.24, 2.45) is 4.52 Å². The summed E-state index contributed by atoms with van der Waals surface area (Å²) in [5, 5.41) is 0. The summed E-state index contributed by atoms with van der Waals surface area (Å²) in [5.74, 6) is 0. The van der Waals surface area contributed by atoms with Crippen molar-refractivity contribution in [3.8, 4) is 0 Å². The largest absolute Gasteiger partial charge is 1.00 e. The van der Waals surface area contributed by atoms with Crippen molar-refractivity contribution in [2.45, 2.75) is 0 Å². The highest BCUT2D eigenvalue weighted by molar-refractivity contribution is 7.75. The first-order chi connectivity index (χ1) is 9.37. The predicted molar refractivity (Wildman–Crippen MR) is 98.4 cm³/mol. The van der Waals surface area contributed by atoms with Gasteiger partial charge in [-0.3, -0.25) is 0 Å². The van der Waals surface area contributed by atoms with E-state index in [1.807, 2.05) is 0 Å². The molecule has 7 nitrogen and oxygen atoms in total. The molecule has 0 unspecified atom stereocenters. The summed E-state index contributed by atoms with van der Waals surface area (Å²) in [7, 11) is 21.5. The molecule has 0 bridgehead atoms. The molecule has 0 spiro atoms. The first-order valence-corrected chi connectivity index (χ1v) is 10.2. The van der Waals surface area contributed by atoms with Gasteiger partial charge in [-0.05, 0) is 46.8 Å². The number of halogens is 1. The van der Waals surface area contributed by atoms with Crippen molar-refractivity contribution in [3.05, 3.63) is 0 Å². The summed E-state index contributed by atoms with van der Waals surface area (Å²) in [6.45, 7) is 0. The molecule has 0 fully saturated rings. The quantitative estimate of drug-likeness (QED) is 0.530. The zero-order valence-electron chi connectivity index (χ0n) is 16.4. The number of rotatable bonds is 7. The first kappa shape index (κ1) is 25.0. The molecule has 0 N–H and O–H groups in total. The van der Waals surface area contributed by atoms with E-state index in [4.69, 9.17) is 4.52 Å². The average molecular weight is 376 g/mol. The Labute approximate surface area is 145 Å². The lowest BCUT2D eigenvalue weighted by molar-refractivity contribution is -0.00000516. The van der Waals surface area contributed by atoms with Crippen molar-refractivity contribution in [1.29, 1.82) is 0 Å². The second kappa shape index (κ2) is 9.26. The van der Waals surface area contributed by atoms with Crippen LogP contribution in [0.4, 0.5) is 0 Å². The van der Waals surface area contributed by atoms with Crippen LogP contribution in [0.1, 0.15) is 0 Å². The third-order valence-electron chi connectivity index (χ3n) is 3.46. The van der Waals surface area contributed by atoms with Crippen LogP contribution in [-0.2, 0) is 0 Å². The highest BCUT2D eigenvalue weighted by Gasteiger charge is 2.52. The number of nitrogens with zero attached hydrogens (tertiary/aromatic N) is 7. The lowest BCUT2D eigenvalue weighted by Crippen LogP contribution is -3.00. The van der Waals surface area contributed by atoms with Gasteiger partial charge in [0.2, 0.25) is 7.51 Å². The van der Waals surface area contributed by atoms with Crippen molar-refractivity contribution < 1.29 is 12.4 Å². The Bertz CT molecular complexity index is 333. The van der Waals surface area contributed by atoms with Gasteiger partial charge in [0.15, 0.2) is 0 Å². The van der Waals surface area contributed by atoms with Gasteiger partial charge in [0, 0.05) is 42.3 Å². The topological polar surface area (TPSA) is 31.8 Å². The van der Waals surface area contributed by atoms with Crippen LogP contribution in [0.3, 0.4) is 0 Å².